The minimum absolute atomic E-state index is 0.499. The third-order valence-electron chi connectivity index (χ3n) is 9.09. The number of hydrogen-bond acceptors (Lipinski definition) is 3. The predicted molar refractivity (Wildman–Crippen MR) is 175 cm³/mol. The first kappa shape index (κ1) is 29.9. The first-order valence-corrected chi connectivity index (χ1v) is 16.1. The van der Waals surface area contributed by atoms with E-state index in [1.807, 2.05) is 0 Å². The zero-order chi connectivity index (χ0) is 28.6. The molecule has 2 aliphatic heterocycles. The van der Waals surface area contributed by atoms with Crippen LogP contribution in [0, 0.1) is 20.8 Å². The lowest BCUT2D eigenvalue weighted by atomic mass is 9.91. The van der Waals surface area contributed by atoms with Crippen LogP contribution in [0.15, 0.2) is 54.6 Å². The number of hydrogen-bond donors (Lipinski definition) is 0. The SMILES string of the molecule is Cc1cc(OCc2cccc(-c3cccc(/C=C/CCN4CCCCC4)c3C)c2C)c(Cl)cc1CN1CCCCC1. The van der Waals surface area contributed by atoms with E-state index >= 15 is 0 Å². The van der Waals surface area contributed by atoms with Crippen LogP contribution in [-0.4, -0.2) is 42.5 Å². The average Bonchev–Trinajstić information content (AvgIpc) is 2.99. The fourth-order valence-electron chi connectivity index (χ4n) is 6.40. The monoisotopic (exact) mass is 570 g/mol. The van der Waals surface area contributed by atoms with Gasteiger partial charge in [0.2, 0.25) is 0 Å². The molecule has 4 heteroatoms. The summed E-state index contributed by atoms with van der Waals surface area (Å²) in [6, 6.07) is 17.4. The Balaban J connectivity index is 1.25. The van der Waals surface area contributed by atoms with Crippen LogP contribution >= 0.6 is 11.6 Å². The van der Waals surface area contributed by atoms with Crippen molar-refractivity contribution in [1.29, 1.82) is 0 Å². The molecule has 0 spiro atoms. The highest BCUT2D eigenvalue weighted by Gasteiger charge is 2.15. The highest BCUT2D eigenvalue weighted by molar-refractivity contribution is 6.32. The van der Waals surface area contributed by atoms with Crippen LogP contribution in [0.3, 0.4) is 0 Å². The number of rotatable bonds is 10. The van der Waals surface area contributed by atoms with Crippen LogP contribution < -0.4 is 4.74 Å². The second kappa shape index (κ2) is 14.5. The maximum atomic E-state index is 6.73. The maximum Gasteiger partial charge on any atom is 0.138 e. The Kier molecular flexibility index (Phi) is 10.6. The molecule has 0 N–H and O–H groups in total. The molecule has 3 nitrogen and oxygen atoms in total. The van der Waals surface area contributed by atoms with Crippen molar-refractivity contribution in [2.45, 2.75) is 78.9 Å². The Morgan fingerprint density at radius 3 is 2.15 bits per heavy atom. The van der Waals surface area contributed by atoms with Gasteiger partial charge in [0.05, 0.1) is 5.02 Å². The van der Waals surface area contributed by atoms with E-state index in [2.05, 4.69) is 91.3 Å². The summed E-state index contributed by atoms with van der Waals surface area (Å²) in [6.45, 7) is 14.2. The summed E-state index contributed by atoms with van der Waals surface area (Å²) in [6.07, 6.45) is 13.8. The van der Waals surface area contributed by atoms with Crippen LogP contribution in [0.25, 0.3) is 17.2 Å². The number of likely N-dealkylation sites (tertiary alicyclic amines) is 2. The fourth-order valence-corrected chi connectivity index (χ4v) is 6.64. The smallest absolute Gasteiger partial charge is 0.138 e. The van der Waals surface area contributed by atoms with Crippen molar-refractivity contribution in [3.8, 4) is 16.9 Å². The van der Waals surface area contributed by atoms with Gasteiger partial charge in [-0.25, -0.2) is 0 Å². The topological polar surface area (TPSA) is 15.7 Å². The largest absolute Gasteiger partial charge is 0.487 e. The van der Waals surface area contributed by atoms with Gasteiger partial charge in [-0.3, -0.25) is 4.90 Å². The van der Waals surface area contributed by atoms with Crippen molar-refractivity contribution in [2.24, 2.45) is 0 Å². The van der Waals surface area contributed by atoms with E-state index < -0.39 is 0 Å². The van der Waals surface area contributed by atoms with Gasteiger partial charge in [0.15, 0.2) is 0 Å². The van der Waals surface area contributed by atoms with Gasteiger partial charge >= 0.3 is 0 Å². The molecule has 2 fully saturated rings. The van der Waals surface area contributed by atoms with Gasteiger partial charge in [-0.15, -0.1) is 0 Å². The molecule has 2 heterocycles. The first-order valence-electron chi connectivity index (χ1n) is 15.7. The number of halogens is 1. The molecule has 0 bridgehead atoms. The standard InChI is InChI=1S/C37H47ClN2O/c1-28-24-37(36(38)25-33(28)26-40-22-9-5-10-23-40)41-27-32-16-13-18-35(30(32)3)34-17-12-15-31(29(34)2)14-6-11-21-39-19-7-4-8-20-39/h6,12-18,24-25H,4-5,7-11,19-23,26-27H2,1-3H3/b14-6+. The van der Waals surface area contributed by atoms with Crippen LogP contribution in [0.2, 0.25) is 5.02 Å². The minimum Gasteiger partial charge on any atom is -0.487 e. The van der Waals surface area contributed by atoms with Crippen LogP contribution in [0.5, 0.6) is 5.75 Å². The molecule has 0 aliphatic carbocycles. The van der Waals surface area contributed by atoms with Gasteiger partial charge < -0.3 is 9.64 Å². The molecular weight excluding hydrogens is 524 g/mol. The summed E-state index contributed by atoms with van der Waals surface area (Å²) in [5.74, 6) is 0.768. The highest BCUT2D eigenvalue weighted by atomic mass is 35.5. The molecule has 2 saturated heterocycles. The summed E-state index contributed by atoms with van der Waals surface area (Å²) in [7, 11) is 0. The molecule has 0 aromatic heterocycles. The molecule has 0 unspecified atom stereocenters. The summed E-state index contributed by atoms with van der Waals surface area (Å²) in [5, 5.41) is 0.701. The zero-order valence-electron chi connectivity index (χ0n) is 25.4. The number of benzene rings is 3. The van der Waals surface area contributed by atoms with Crippen LogP contribution in [-0.2, 0) is 13.2 Å². The van der Waals surface area contributed by atoms with Crippen LogP contribution in [0.4, 0.5) is 0 Å². The molecule has 3 aromatic rings. The van der Waals surface area contributed by atoms with Gasteiger partial charge in [-0.1, -0.05) is 73.0 Å². The Morgan fingerprint density at radius 2 is 1.41 bits per heavy atom. The van der Waals surface area contributed by atoms with Gasteiger partial charge in [0, 0.05) is 13.1 Å². The van der Waals surface area contributed by atoms with E-state index in [1.54, 1.807) is 0 Å². The minimum atomic E-state index is 0.499. The highest BCUT2D eigenvalue weighted by Crippen LogP contribution is 2.33. The number of nitrogens with zero attached hydrogens (tertiary/aromatic N) is 2. The molecule has 0 saturated carbocycles. The lowest BCUT2D eigenvalue weighted by Crippen LogP contribution is -2.30. The Bertz CT molecular complexity index is 1340. The maximum absolute atomic E-state index is 6.73. The van der Waals surface area contributed by atoms with Crippen molar-refractivity contribution in [1.82, 2.24) is 9.80 Å². The number of ether oxygens (including phenoxy) is 1. The van der Waals surface area contributed by atoms with Crippen molar-refractivity contribution in [3.05, 3.63) is 93.0 Å². The lowest BCUT2D eigenvalue weighted by Gasteiger charge is -2.27. The summed E-state index contributed by atoms with van der Waals surface area (Å²) >= 11 is 6.73. The summed E-state index contributed by atoms with van der Waals surface area (Å²) in [5.41, 5.74) is 10.2. The second-order valence-electron chi connectivity index (χ2n) is 12.0. The number of piperidine rings is 2. The predicted octanol–water partition coefficient (Wildman–Crippen LogP) is 9.39. The molecule has 41 heavy (non-hydrogen) atoms. The molecule has 0 radical (unpaired) electrons. The van der Waals surface area contributed by atoms with E-state index in [-0.39, 0.29) is 0 Å². The zero-order valence-corrected chi connectivity index (χ0v) is 26.1. The Morgan fingerprint density at radius 1 is 0.756 bits per heavy atom. The van der Waals surface area contributed by atoms with Crippen molar-refractivity contribution in [2.75, 3.05) is 32.7 Å². The van der Waals surface area contributed by atoms with E-state index in [9.17, 15) is 0 Å². The average molecular weight is 571 g/mol. The Hall–Kier alpha value is -2.59. The molecule has 0 atom stereocenters. The van der Waals surface area contributed by atoms with Crippen molar-refractivity contribution in [3.63, 3.8) is 0 Å². The second-order valence-corrected chi connectivity index (χ2v) is 12.4. The van der Waals surface area contributed by atoms with E-state index in [4.69, 9.17) is 16.3 Å². The van der Waals surface area contributed by atoms with E-state index in [1.165, 1.54) is 116 Å². The molecule has 3 aromatic carbocycles. The summed E-state index contributed by atoms with van der Waals surface area (Å²) < 4.78 is 6.33. The summed E-state index contributed by atoms with van der Waals surface area (Å²) in [4.78, 5) is 5.15. The normalized spacial score (nSPS) is 16.9. The van der Waals surface area contributed by atoms with Gasteiger partial charge in [-0.2, -0.15) is 0 Å². The van der Waals surface area contributed by atoms with Gasteiger partial charge in [0.25, 0.3) is 0 Å². The third kappa shape index (κ3) is 7.83. The molecule has 5 rings (SSSR count). The quantitative estimate of drug-likeness (QED) is 0.241. The molecule has 0 amide bonds. The van der Waals surface area contributed by atoms with Gasteiger partial charge in [0.1, 0.15) is 12.4 Å². The van der Waals surface area contributed by atoms with E-state index in [0.29, 0.717) is 11.6 Å². The van der Waals surface area contributed by atoms with Crippen molar-refractivity contribution >= 4 is 17.7 Å². The lowest BCUT2D eigenvalue weighted by molar-refractivity contribution is 0.220. The van der Waals surface area contributed by atoms with Crippen molar-refractivity contribution < 1.29 is 4.74 Å². The molecule has 2 aliphatic rings. The van der Waals surface area contributed by atoms with Crippen LogP contribution in [0.1, 0.15) is 78.3 Å². The fraction of sp³-hybridized carbons (Fsp3) is 0.459. The number of aryl methyl sites for hydroxylation is 1. The molecular formula is C37H47ClN2O. The molecule has 218 valence electrons. The van der Waals surface area contributed by atoms with Gasteiger partial charge in [-0.05, 0) is 136 Å². The first-order chi connectivity index (χ1) is 20.0. The Labute approximate surface area is 253 Å². The van der Waals surface area contributed by atoms with E-state index in [0.717, 1.165) is 18.7 Å². The third-order valence-corrected chi connectivity index (χ3v) is 9.38.